The predicted molar refractivity (Wildman–Crippen MR) is 149 cm³/mol. The molecule has 1 unspecified atom stereocenters. The number of thioether (sulfide) groups is 1. The van der Waals surface area contributed by atoms with Gasteiger partial charge in [0.2, 0.25) is 11.8 Å². The van der Waals surface area contributed by atoms with Gasteiger partial charge in [-0.15, -0.1) is 11.8 Å². The Hall–Kier alpha value is -2.55. The topological polar surface area (TPSA) is 108 Å². The van der Waals surface area contributed by atoms with Crippen LogP contribution in [0, 0.1) is 17.8 Å². The van der Waals surface area contributed by atoms with Crippen molar-refractivity contribution in [2.24, 2.45) is 17.8 Å². The lowest BCUT2D eigenvalue weighted by Gasteiger charge is -2.56. The molecule has 9 heteroatoms. The average Bonchev–Trinajstić information content (AvgIpc) is 3.21. The molecule has 8 nitrogen and oxygen atoms in total. The van der Waals surface area contributed by atoms with Gasteiger partial charge in [-0.2, -0.15) is 0 Å². The van der Waals surface area contributed by atoms with E-state index in [1.54, 1.807) is 16.7 Å². The third-order valence-corrected chi connectivity index (χ3v) is 10.8. The molecule has 2 aliphatic heterocycles. The van der Waals surface area contributed by atoms with Crippen molar-refractivity contribution in [3.63, 3.8) is 0 Å². The number of nitrogens with zero attached hydrogens (tertiary/aromatic N) is 1. The summed E-state index contributed by atoms with van der Waals surface area (Å²) in [5.74, 6) is 2.68. The van der Waals surface area contributed by atoms with Gasteiger partial charge in [0, 0.05) is 35.5 Å². The zero-order chi connectivity index (χ0) is 27.0. The fourth-order valence-corrected chi connectivity index (χ4v) is 9.30. The highest BCUT2D eigenvalue weighted by Crippen LogP contribution is 2.55. The number of piperidine rings is 1. The molecule has 4 saturated carbocycles. The Morgan fingerprint density at radius 2 is 1.72 bits per heavy atom. The largest absolute Gasteiger partial charge is 0.338 e. The van der Waals surface area contributed by atoms with E-state index in [9.17, 15) is 19.2 Å². The molecule has 0 radical (unpaired) electrons. The van der Waals surface area contributed by atoms with Crippen LogP contribution in [0.5, 0.6) is 0 Å². The molecule has 7 rings (SSSR count). The molecule has 5 fully saturated rings. The average molecular weight is 553 g/mol. The van der Waals surface area contributed by atoms with Gasteiger partial charge in [-0.3, -0.25) is 19.7 Å². The fraction of sp³-hybridized carbons (Fsp3) is 0.667. The molecule has 3 N–H and O–H groups in total. The summed E-state index contributed by atoms with van der Waals surface area (Å²) in [4.78, 5) is 52.1. The van der Waals surface area contributed by atoms with Gasteiger partial charge in [0.1, 0.15) is 6.04 Å². The number of imide groups is 1. The van der Waals surface area contributed by atoms with Crippen LogP contribution in [-0.4, -0.2) is 52.5 Å². The molecule has 2 heterocycles. The summed E-state index contributed by atoms with van der Waals surface area (Å²) in [7, 11) is 0. The van der Waals surface area contributed by atoms with Crippen molar-refractivity contribution >= 4 is 35.5 Å². The Morgan fingerprint density at radius 1 is 1.00 bits per heavy atom. The number of fused-ring (bicyclic) bond motifs is 1. The minimum atomic E-state index is -0.580. The van der Waals surface area contributed by atoms with Crippen LogP contribution in [0.4, 0.5) is 4.79 Å². The number of urea groups is 1. The second kappa shape index (κ2) is 11.1. The second-order valence-corrected chi connectivity index (χ2v) is 13.7. The quantitative estimate of drug-likeness (QED) is 0.227. The van der Waals surface area contributed by atoms with Crippen molar-refractivity contribution in [3.8, 4) is 0 Å². The van der Waals surface area contributed by atoms with Crippen LogP contribution >= 0.6 is 11.8 Å². The lowest BCUT2D eigenvalue weighted by molar-refractivity contribution is -0.136. The Balaban J connectivity index is 0.886. The smallest absolute Gasteiger partial charge is 0.315 e. The Kier molecular flexibility index (Phi) is 7.62. The molecule has 39 heavy (non-hydrogen) atoms. The van der Waals surface area contributed by atoms with Gasteiger partial charge in [0.05, 0.1) is 0 Å². The number of amides is 5. The minimum Gasteiger partial charge on any atom is -0.338 e. The van der Waals surface area contributed by atoms with Crippen LogP contribution in [0.2, 0.25) is 0 Å². The van der Waals surface area contributed by atoms with Crippen LogP contribution in [0.1, 0.15) is 93.0 Å². The molecule has 1 aromatic carbocycles. The van der Waals surface area contributed by atoms with E-state index in [2.05, 4.69) is 22.0 Å². The number of unbranched alkanes of at least 4 members (excludes halogenated alkanes) is 3. The van der Waals surface area contributed by atoms with Gasteiger partial charge in [-0.05, 0) is 99.0 Å². The van der Waals surface area contributed by atoms with E-state index in [-0.39, 0.29) is 35.7 Å². The number of benzene rings is 1. The van der Waals surface area contributed by atoms with Crippen molar-refractivity contribution in [2.45, 2.75) is 100 Å². The summed E-state index contributed by atoms with van der Waals surface area (Å²) in [5, 5.41) is 8.86. The molecular weight excluding hydrogens is 512 g/mol. The first-order valence-electron chi connectivity index (χ1n) is 14.8. The molecule has 4 bridgehead atoms. The van der Waals surface area contributed by atoms with Crippen molar-refractivity contribution < 1.29 is 19.2 Å². The van der Waals surface area contributed by atoms with Crippen LogP contribution < -0.4 is 16.0 Å². The van der Waals surface area contributed by atoms with E-state index < -0.39 is 6.04 Å². The van der Waals surface area contributed by atoms with Crippen LogP contribution in [0.3, 0.4) is 0 Å². The number of hydrogen-bond acceptors (Lipinski definition) is 5. The Morgan fingerprint density at radius 3 is 2.44 bits per heavy atom. The monoisotopic (exact) mass is 552 g/mol. The first-order valence-corrected chi connectivity index (χ1v) is 15.8. The van der Waals surface area contributed by atoms with E-state index >= 15 is 0 Å². The summed E-state index contributed by atoms with van der Waals surface area (Å²) in [6.45, 7) is 1.14. The van der Waals surface area contributed by atoms with Crippen molar-refractivity contribution in [3.05, 3.63) is 29.3 Å². The normalized spacial score (nSPS) is 30.9. The Bertz CT molecular complexity index is 1120. The molecule has 1 atom stereocenters. The van der Waals surface area contributed by atoms with E-state index in [1.165, 1.54) is 38.5 Å². The number of nitrogens with one attached hydrogen (secondary N) is 3. The standard InChI is InChI=1S/C30H40N4O4S/c35-26-9-8-24(27(36)32-26)34-18-23-22(28(34)37)6-5-7-25(23)39-11-4-2-1-3-10-31-29(38)33-30-15-19-12-20(16-30)14-21(13-19)17-30/h5-7,19-21,24H,1-4,8-18H2,(H2,31,33,38)(H,32,35,36). The van der Waals surface area contributed by atoms with Gasteiger partial charge in [-0.25, -0.2) is 4.79 Å². The summed E-state index contributed by atoms with van der Waals surface area (Å²) < 4.78 is 0. The van der Waals surface area contributed by atoms with Gasteiger partial charge in [0.25, 0.3) is 5.91 Å². The third-order valence-electron chi connectivity index (χ3n) is 9.57. The first-order chi connectivity index (χ1) is 18.9. The second-order valence-electron chi connectivity index (χ2n) is 12.5. The highest BCUT2D eigenvalue weighted by atomic mass is 32.2. The van der Waals surface area contributed by atoms with E-state index in [1.807, 2.05) is 12.1 Å². The maximum atomic E-state index is 13.0. The van der Waals surface area contributed by atoms with Crippen molar-refractivity contribution in [2.75, 3.05) is 12.3 Å². The maximum absolute atomic E-state index is 13.0. The van der Waals surface area contributed by atoms with Crippen LogP contribution in [-0.2, 0) is 16.1 Å². The van der Waals surface area contributed by atoms with Gasteiger partial charge in [-0.1, -0.05) is 18.9 Å². The maximum Gasteiger partial charge on any atom is 0.315 e. The van der Waals surface area contributed by atoms with Gasteiger partial charge < -0.3 is 15.5 Å². The van der Waals surface area contributed by atoms with Crippen molar-refractivity contribution in [1.29, 1.82) is 0 Å². The Labute approximate surface area is 234 Å². The van der Waals surface area contributed by atoms with Crippen LogP contribution in [0.25, 0.3) is 0 Å². The van der Waals surface area contributed by atoms with Gasteiger partial charge >= 0.3 is 6.03 Å². The number of carbonyl (C=O) groups excluding carboxylic acids is 4. The molecule has 0 aromatic heterocycles. The molecule has 6 aliphatic rings. The zero-order valence-corrected chi connectivity index (χ0v) is 23.5. The number of hydrogen-bond donors (Lipinski definition) is 3. The molecule has 1 aromatic rings. The van der Waals surface area contributed by atoms with Gasteiger partial charge in [0.15, 0.2) is 0 Å². The highest BCUT2D eigenvalue weighted by Gasteiger charge is 2.51. The summed E-state index contributed by atoms with van der Waals surface area (Å²) in [5.41, 5.74) is 1.73. The molecule has 4 aliphatic carbocycles. The third kappa shape index (κ3) is 5.70. The highest BCUT2D eigenvalue weighted by molar-refractivity contribution is 7.99. The first kappa shape index (κ1) is 26.7. The van der Waals surface area contributed by atoms with E-state index in [0.717, 1.165) is 66.2 Å². The lowest BCUT2D eigenvalue weighted by Crippen LogP contribution is -2.61. The molecular formula is C30H40N4O4S. The molecule has 0 spiro atoms. The van der Waals surface area contributed by atoms with Crippen molar-refractivity contribution in [1.82, 2.24) is 20.9 Å². The number of carbonyl (C=O) groups is 4. The molecule has 210 valence electrons. The predicted octanol–water partition coefficient (Wildman–Crippen LogP) is 4.37. The molecule has 1 saturated heterocycles. The summed E-state index contributed by atoms with van der Waals surface area (Å²) in [6, 6.07) is 5.24. The van der Waals surface area contributed by atoms with E-state index in [0.29, 0.717) is 18.5 Å². The SMILES string of the molecule is O=C1CCC(N2Cc3c(SCCCCCCNC(=O)NC45CC6CC(CC(C6)C4)C5)cccc3C2=O)C(=O)N1. The number of rotatable bonds is 10. The minimum absolute atomic E-state index is 0.0198. The van der Waals surface area contributed by atoms with Crippen LogP contribution in [0.15, 0.2) is 23.1 Å². The van der Waals surface area contributed by atoms with E-state index in [4.69, 9.17) is 0 Å². The lowest BCUT2D eigenvalue weighted by atomic mass is 9.53. The fourth-order valence-electron chi connectivity index (χ4n) is 8.21. The molecule has 5 amide bonds. The zero-order valence-electron chi connectivity index (χ0n) is 22.6. The summed E-state index contributed by atoms with van der Waals surface area (Å²) >= 11 is 1.76. The summed E-state index contributed by atoms with van der Waals surface area (Å²) in [6.07, 6.45) is 12.5.